The largest absolute Gasteiger partial charge is 0.466 e. The van der Waals surface area contributed by atoms with Crippen LogP contribution >= 0.6 is 0 Å². The van der Waals surface area contributed by atoms with Crippen LogP contribution in [0.4, 0.5) is 23.7 Å². The molecular formula is C14H17F3N2O3. The van der Waals surface area contributed by atoms with E-state index < -0.39 is 29.7 Å². The molecule has 1 rings (SSSR count). The smallest absolute Gasteiger partial charge is 0.416 e. The number of alkyl halides is 3. The van der Waals surface area contributed by atoms with Crippen LogP contribution in [0.5, 0.6) is 0 Å². The Balaban J connectivity index is 2.47. The fourth-order valence-electron chi connectivity index (χ4n) is 1.53. The summed E-state index contributed by atoms with van der Waals surface area (Å²) >= 11 is 0. The fraction of sp³-hybridized carbons (Fsp3) is 0.429. The molecule has 0 saturated carbocycles. The third kappa shape index (κ3) is 5.63. The quantitative estimate of drug-likeness (QED) is 0.820. The highest BCUT2D eigenvalue weighted by Gasteiger charge is 2.29. The molecule has 0 aliphatic carbocycles. The van der Waals surface area contributed by atoms with E-state index in [4.69, 9.17) is 4.74 Å². The minimum atomic E-state index is -4.42. The van der Waals surface area contributed by atoms with Gasteiger partial charge in [0.1, 0.15) is 0 Å². The molecule has 0 aliphatic heterocycles. The molecule has 2 N–H and O–H groups in total. The predicted octanol–water partition coefficient (Wildman–Crippen LogP) is 3.03. The van der Waals surface area contributed by atoms with E-state index in [-0.39, 0.29) is 18.8 Å². The zero-order valence-electron chi connectivity index (χ0n) is 12.2. The van der Waals surface area contributed by atoms with E-state index in [2.05, 4.69) is 10.6 Å². The maximum absolute atomic E-state index is 12.4. The zero-order chi connectivity index (χ0) is 16.8. The van der Waals surface area contributed by atoms with Gasteiger partial charge < -0.3 is 15.4 Å². The van der Waals surface area contributed by atoms with E-state index in [0.29, 0.717) is 0 Å². The number of ether oxygens (including phenoxy) is 1. The second kappa shape index (κ2) is 7.67. The van der Waals surface area contributed by atoms with Gasteiger partial charge in [-0.1, -0.05) is 6.92 Å². The molecule has 0 fully saturated rings. The average molecular weight is 318 g/mol. The van der Waals surface area contributed by atoms with Crippen LogP contribution in [0.2, 0.25) is 0 Å². The van der Waals surface area contributed by atoms with Crippen LogP contribution < -0.4 is 10.6 Å². The van der Waals surface area contributed by atoms with Crippen molar-refractivity contribution in [2.24, 2.45) is 5.92 Å². The lowest BCUT2D eigenvalue weighted by molar-refractivity contribution is -0.147. The molecule has 0 aromatic heterocycles. The Morgan fingerprint density at radius 1 is 1.23 bits per heavy atom. The van der Waals surface area contributed by atoms with E-state index in [9.17, 15) is 22.8 Å². The van der Waals surface area contributed by atoms with Crippen LogP contribution in [-0.4, -0.2) is 25.2 Å². The summed E-state index contributed by atoms with van der Waals surface area (Å²) in [4.78, 5) is 22.9. The Bertz CT molecular complexity index is 515. The van der Waals surface area contributed by atoms with Crippen molar-refractivity contribution in [1.82, 2.24) is 5.32 Å². The lowest BCUT2D eigenvalue weighted by atomic mass is 10.2. The molecule has 0 spiro atoms. The topological polar surface area (TPSA) is 67.4 Å². The van der Waals surface area contributed by atoms with Crippen LogP contribution in [0, 0.1) is 5.92 Å². The van der Waals surface area contributed by atoms with Gasteiger partial charge in [0.2, 0.25) is 0 Å². The maximum atomic E-state index is 12.4. The summed E-state index contributed by atoms with van der Waals surface area (Å²) in [6, 6.07) is 3.43. The Morgan fingerprint density at radius 3 is 2.32 bits per heavy atom. The van der Waals surface area contributed by atoms with Crippen molar-refractivity contribution in [2.75, 3.05) is 18.5 Å². The predicted molar refractivity (Wildman–Crippen MR) is 74.3 cm³/mol. The number of nitrogens with one attached hydrogen (secondary N) is 2. The second-order valence-corrected chi connectivity index (χ2v) is 4.56. The van der Waals surface area contributed by atoms with E-state index in [1.807, 2.05) is 0 Å². The first-order valence-electron chi connectivity index (χ1n) is 6.62. The number of carbonyl (C=O) groups is 2. The molecular weight excluding hydrogens is 301 g/mol. The molecule has 122 valence electrons. The summed E-state index contributed by atoms with van der Waals surface area (Å²) in [6.07, 6.45) is -4.42. The fourth-order valence-corrected chi connectivity index (χ4v) is 1.53. The summed E-state index contributed by atoms with van der Waals surface area (Å²) < 4.78 is 41.9. The molecule has 0 bridgehead atoms. The number of carbonyl (C=O) groups excluding carboxylic acids is 2. The molecule has 1 aromatic rings. The zero-order valence-corrected chi connectivity index (χ0v) is 12.2. The van der Waals surface area contributed by atoms with Crippen LogP contribution in [0.15, 0.2) is 24.3 Å². The SMILES string of the molecule is CCOC(=O)C(C)CNC(=O)Nc1ccc(C(F)(F)F)cc1. The van der Waals surface area contributed by atoms with E-state index in [1.165, 1.54) is 0 Å². The highest BCUT2D eigenvalue weighted by Crippen LogP contribution is 2.29. The van der Waals surface area contributed by atoms with Crippen molar-refractivity contribution >= 4 is 17.7 Å². The number of benzene rings is 1. The van der Waals surface area contributed by atoms with Crippen molar-refractivity contribution in [2.45, 2.75) is 20.0 Å². The summed E-state index contributed by atoms with van der Waals surface area (Å²) in [5.74, 6) is -0.948. The molecule has 0 heterocycles. The molecule has 8 heteroatoms. The summed E-state index contributed by atoms with van der Waals surface area (Å²) in [6.45, 7) is 3.58. The Hall–Kier alpha value is -2.25. The summed E-state index contributed by atoms with van der Waals surface area (Å²) in [5, 5.41) is 4.82. The minimum Gasteiger partial charge on any atom is -0.466 e. The van der Waals surface area contributed by atoms with Gasteiger partial charge in [-0.05, 0) is 31.2 Å². The lowest BCUT2D eigenvalue weighted by Crippen LogP contribution is -2.35. The minimum absolute atomic E-state index is 0.0608. The number of urea groups is 1. The number of amides is 2. The van der Waals surface area contributed by atoms with E-state index in [0.717, 1.165) is 24.3 Å². The number of hydrogen-bond donors (Lipinski definition) is 2. The van der Waals surface area contributed by atoms with Crippen LogP contribution in [0.3, 0.4) is 0 Å². The van der Waals surface area contributed by atoms with Gasteiger partial charge in [-0.25, -0.2) is 4.79 Å². The van der Waals surface area contributed by atoms with Gasteiger partial charge in [-0.3, -0.25) is 4.79 Å². The lowest BCUT2D eigenvalue weighted by Gasteiger charge is -2.13. The monoisotopic (exact) mass is 318 g/mol. The molecule has 5 nitrogen and oxygen atoms in total. The van der Waals surface area contributed by atoms with Crippen molar-refractivity contribution in [3.8, 4) is 0 Å². The van der Waals surface area contributed by atoms with Gasteiger partial charge in [0.15, 0.2) is 0 Å². The van der Waals surface area contributed by atoms with Crippen LogP contribution in [0.25, 0.3) is 0 Å². The first-order valence-corrected chi connectivity index (χ1v) is 6.62. The average Bonchev–Trinajstić information content (AvgIpc) is 2.44. The van der Waals surface area contributed by atoms with Crippen LogP contribution in [-0.2, 0) is 15.7 Å². The molecule has 1 aromatic carbocycles. The van der Waals surface area contributed by atoms with E-state index in [1.54, 1.807) is 13.8 Å². The number of hydrogen-bond acceptors (Lipinski definition) is 3. The first kappa shape index (κ1) is 17.8. The third-order valence-electron chi connectivity index (χ3n) is 2.73. The van der Waals surface area contributed by atoms with Gasteiger partial charge in [-0.2, -0.15) is 13.2 Å². The van der Waals surface area contributed by atoms with Crippen molar-refractivity contribution in [3.63, 3.8) is 0 Å². The Morgan fingerprint density at radius 2 is 1.82 bits per heavy atom. The summed E-state index contributed by atoms with van der Waals surface area (Å²) in [5.41, 5.74) is -0.580. The highest BCUT2D eigenvalue weighted by atomic mass is 19.4. The molecule has 22 heavy (non-hydrogen) atoms. The molecule has 2 amide bonds. The maximum Gasteiger partial charge on any atom is 0.416 e. The van der Waals surface area contributed by atoms with Crippen LogP contribution in [0.1, 0.15) is 19.4 Å². The molecule has 1 unspecified atom stereocenters. The molecule has 0 radical (unpaired) electrons. The second-order valence-electron chi connectivity index (χ2n) is 4.56. The van der Waals surface area contributed by atoms with Gasteiger partial charge in [0.25, 0.3) is 0 Å². The standard InChI is InChI=1S/C14H17F3N2O3/c1-3-22-12(20)9(2)8-18-13(21)19-11-6-4-10(5-7-11)14(15,16)17/h4-7,9H,3,8H2,1-2H3,(H2,18,19,21). The van der Waals surface area contributed by atoms with Crippen molar-refractivity contribution in [1.29, 1.82) is 0 Å². The van der Waals surface area contributed by atoms with Gasteiger partial charge >= 0.3 is 18.2 Å². The first-order chi connectivity index (χ1) is 10.2. The normalized spacial score (nSPS) is 12.4. The van der Waals surface area contributed by atoms with Gasteiger partial charge in [0, 0.05) is 12.2 Å². The Kier molecular flexibility index (Phi) is 6.21. The molecule has 0 saturated heterocycles. The Labute approximate surface area is 125 Å². The number of esters is 1. The number of rotatable bonds is 5. The third-order valence-corrected chi connectivity index (χ3v) is 2.73. The van der Waals surface area contributed by atoms with Gasteiger partial charge in [0.05, 0.1) is 18.1 Å². The van der Waals surface area contributed by atoms with Crippen molar-refractivity contribution < 1.29 is 27.5 Å². The number of anilines is 1. The summed E-state index contributed by atoms with van der Waals surface area (Å²) in [7, 11) is 0. The van der Waals surface area contributed by atoms with Crippen molar-refractivity contribution in [3.05, 3.63) is 29.8 Å². The van der Waals surface area contributed by atoms with E-state index >= 15 is 0 Å². The molecule has 1 atom stereocenters. The van der Waals surface area contributed by atoms with Gasteiger partial charge in [-0.15, -0.1) is 0 Å². The highest BCUT2D eigenvalue weighted by molar-refractivity contribution is 5.89. The molecule has 0 aliphatic rings. The number of halogens is 3.